The lowest BCUT2D eigenvalue weighted by Crippen LogP contribution is -2.14. The Labute approximate surface area is 111 Å². The van der Waals surface area contributed by atoms with E-state index in [1.165, 1.54) is 0 Å². The molecule has 0 atom stereocenters. The average molecular weight is 288 g/mol. The van der Waals surface area contributed by atoms with Gasteiger partial charge in [0.2, 0.25) is 0 Å². The molecule has 0 unspecified atom stereocenters. The second-order valence-electron chi connectivity index (χ2n) is 4.19. The van der Waals surface area contributed by atoms with Crippen LogP contribution in [-0.4, -0.2) is 20.8 Å². The summed E-state index contributed by atoms with van der Waals surface area (Å²) in [6.45, 7) is 3.18. The number of carbonyl (C=O) groups is 1. The zero-order valence-electron chi connectivity index (χ0n) is 10.9. The smallest absolute Gasteiger partial charge is 0.359 e. The predicted molar refractivity (Wildman–Crippen MR) is 62.1 cm³/mol. The van der Waals surface area contributed by atoms with Gasteiger partial charge in [-0.15, -0.1) is 0 Å². The molecule has 2 aromatic rings. The van der Waals surface area contributed by atoms with Gasteiger partial charge in [0.25, 0.3) is 5.91 Å². The molecule has 2 heterocycles. The number of nitrogens with zero attached hydrogens (tertiary/aromatic N) is 3. The van der Waals surface area contributed by atoms with Gasteiger partial charge < -0.3 is 9.84 Å². The fourth-order valence-corrected chi connectivity index (χ4v) is 1.68. The number of alkyl halides is 3. The van der Waals surface area contributed by atoms with Crippen LogP contribution in [-0.2, 0) is 13.2 Å². The summed E-state index contributed by atoms with van der Waals surface area (Å²) in [5, 5.41) is 9.61. The third kappa shape index (κ3) is 2.51. The van der Waals surface area contributed by atoms with Crippen LogP contribution in [0.5, 0.6) is 0 Å². The highest BCUT2D eigenvalue weighted by Crippen LogP contribution is 2.29. The van der Waals surface area contributed by atoms with Crippen molar-refractivity contribution >= 4 is 11.6 Å². The zero-order valence-corrected chi connectivity index (χ0v) is 10.9. The molecule has 0 saturated heterocycles. The minimum atomic E-state index is -4.57. The molecule has 1 amide bonds. The van der Waals surface area contributed by atoms with E-state index in [1.54, 1.807) is 13.8 Å². The molecule has 6 nitrogen and oxygen atoms in total. The Morgan fingerprint density at radius 3 is 2.50 bits per heavy atom. The summed E-state index contributed by atoms with van der Waals surface area (Å²) in [5.41, 5.74) is -0.571. The highest BCUT2D eigenvalue weighted by molar-refractivity contribution is 6.03. The van der Waals surface area contributed by atoms with E-state index >= 15 is 0 Å². The standard InChI is InChI=1S/C11H11F3N4O2/c1-5-9(6(2)20-17-5)15-10(19)7-4-8(11(12,13)14)18(3)16-7/h4H,1-3H3,(H,15,19). The van der Waals surface area contributed by atoms with Crippen molar-refractivity contribution in [2.45, 2.75) is 20.0 Å². The maximum absolute atomic E-state index is 12.6. The third-order valence-electron chi connectivity index (χ3n) is 2.67. The number of carbonyl (C=O) groups excluding carboxylic acids is 1. The van der Waals surface area contributed by atoms with Gasteiger partial charge in [0.1, 0.15) is 17.1 Å². The van der Waals surface area contributed by atoms with Crippen LogP contribution in [0.25, 0.3) is 0 Å². The molecule has 0 aliphatic rings. The van der Waals surface area contributed by atoms with Gasteiger partial charge in [0, 0.05) is 13.1 Å². The Morgan fingerprint density at radius 1 is 1.40 bits per heavy atom. The van der Waals surface area contributed by atoms with Crippen LogP contribution < -0.4 is 5.32 Å². The van der Waals surface area contributed by atoms with E-state index in [-0.39, 0.29) is 5.69 Å². The predicted octanol–water partition coefficient (Wildman–Crippen LogP) is 2.30. The number of aromatic nitrogens is 3. The minimum Gasteiger partial charge on any atom is -0.359 e. The summed E-state index contributed by atoms with van der Waals surface area (Å²) in [5.74, 6) is -0.395. The van der Waals surface area contributed by atoms with Gasteiger partial charge in [-0.2, -0.15) is 18.3 Å². The number of aryl methyl sites for hydroxylation is 3. The van der Waals surface area contributed by atoms with Crippen LogP contribution in [0.15, 0.2) is 10.6 Å². The van der Waals surface area contributed by atoms with Gasteiger partial charge >= 0.3 is 6.18 Å². The molecule has 2 aromatic heterocycles. The molecule has 0 bridgehead atoms. The van der Waals surface area contributed by atoms with Crippen LogP contribution in [0.4, 0.5) is 18.9 Å². The van der Waals surface area contributed by atoms with Gasteiger partial charge in [-0.25, -0.2) is 0 Å². The Balaban J connectivity index is 2.27. The van der Waals surface area contributed by atoms with Crippen molar-refractivity contribution < 1.29 is 22.5 Å². The number of amides is 1. The minimum absolute atomic E-state index is 0.328. The number of halogens is 3. The maximum atomic E-state index is 12.6. The molecule has 0 radical (unpaired) electrons. The highest BCUT2D eigenvalue weighted by Gasteiger charge is 2.35. The van der Waals surface area contributed by atoms with E-state index in [0.717, 1.165) is 7.05 Å². The lowest BCUT2D eigenvalue weighted by molar-refractivity contribution is -0.143. The summed E-state index contributed by atoms with van der Waals surface area (Å²) in [4.78, 5) is 11.9. The van der Waals surface area contributed by atoms with E-state index in [4.69, 9.17) is 4.52 Å². The molecular formula is C11H11F3N4O2. The van der Waals surface area contributed by atoms with E-state index < -0.39 is 17.8 Å². The first-order valence-electron chi connectivity index (χ1n) is 5.55. The summed E-state index contributed by atoms with van der Waals surface area (Å²) in [6, 6.07) is 0.688. The number of hydrogen-bond donors (Lipinski definition) is 1. The van der Waals surface area contributed by atoms with Gasteiger partial charge in [0.05, 0.1) is 0 Å². The molecule has 1 N–H and O–H groups in total. The second kappa shape index (κ2) is 4.66. The number of nitrogens with one attached hydrogen (secondary N) is 1. The first-order chi connectivity index (χ1) is 9.20. The van der Waals surface area contributed by atoms with Gasteiger partial charge in [-0.3, -0.25) is 9.48 Å². The first kappa shape index (κ1) is 14.1. The Kier molecular flexibility index (Phi) is 3.28. The van der Waals surface area contributed by atoms with Crippen LogP contribution in [0.3, 0.4) is 0 Å². The van der Waals surface area contributed by atoms with Crippen LogP contribution in [0.1, 0.15) is 27.6 Å². The molecule has 0 aliphatic carbocycles. The fourth-order valence-electron chi connectivity index (χ4n) is 1.68. The van der Waals surface area contributed by atoms with Crippen molar-refractivity contribution in [3.05, 3.63) is 28.9 Å². The normalized spacial score (nSPS) is 11.7. The number of anilines is 1. The molecule has 0 aliphatic heterocycles. The molecule has 2 rings (SSSR count). The van der Waals surface area contributed by atoms with Crippen molar-refractivity contribution in [3.63, 3.8) is 0 Å². The van der Waals surface area contributed by atoms with Crippen LogP contribution in [0, 0.1) is 13.8 Å². The van der Waals surface area contributed by atoms with Gasteiger partial charge in [-0.05, 0) is 13.8 Å². The summed E-state index contributed by atoms with van der Waals surface area (Å²) in [6.07, 6.45) is -4.57. The quantitative estimate of drug-likeness (QED) is 0.920. The topological polar surface area (TPSA) is 73.0 Å². The Hall–Kier alpha value is -2.32. The summed E-state index contributed by atoms with van der Waals surface area (Å²) < 4.78 is 43.3. The molecule has 0 saturated carbocycles. The van der Waals surface area contributed by atoms with Crippen molar-refractivity contribution in [2.24, 2.45) is 7.05 Å². The van der Waals surface area contributed by atoms with E-state index in [9.17, 15) is 18.0 Å². The number of hydrogen-bond acceptors (Lipinski definition) is 4. The van der Waals surface area contributed by atoms with Crippen LogP contribution in [0.2, 0.25) is 0 Å². The Bertz CT molecular complexity index is 638. The molecule has 20 heavy (non-hydrogen) atoms. The lowest BCUT2D eigenvalue weighted by atomic mass is 10.3. The van der Waals surface area contributed by atoms with E-state index in [1.807, 2.05) is 0 Å². The third-order valence-corrected chi connectivity index (χ3v) is 2.67. The van der Waals surface area contributed by atoms with Crippen LogP contribution >= 0.6 is 0 Å². The molecular weight excluding hydrogens is 277 g/mol. The van der Waals surface area contributed by atoms with Crippen molar-refractivity contribution in [1.29, 1.82) is 0 Å². The van der Waals surface area contributed by atoms with Gasteiger partial charge in [-0.1, -0.05) is 5.16 Å². The van der Waals surface area contributed by atoms with Crippen molar-refractivity contribution in [2.75, 3.05) is 5.32 Å². The average Bonchev–Trinajstić information content (AvgIpc) is 2.86. The fraction of sp³-hybridized carbons (Fsp3) is 0.364. The van der Waals surface area contributed by atoms with Crippen molar-refractivity contribution in [1.82, 2.24) is 14.9 Å². The van der Waals surface area contributed by atoms with E-state index in [2.05, 4.69) is 15.6 Å². The Morgan fingerprint density at radius 2 is 2.05 bits per heavy atom. The zero-order chi connectivity index (χ0) is 15.1. The summed E-state index contributed by atoms with van der Waals surface area (Å²) >= 11 is 0. The molecule has 9 heteroatoms. The molecule has 108 valence electrons. The number of rotatable bonds is 2. The largest absolute Gasteiger partial charge is 0.433 e. The van der Waals surface area contributed by atoms with Gasteiger partial charge in [0.15, 0.2) is 11.5 Å². The second-order valence-corrected chi connectivity index (χ2v) is 4.19. The van der Waals surface area contributed by atoms with Crippen molar-refractivity contribution in [3.8, 4) is 0 Å². The monoisotopic (exact) mass is 288 g/mol. The lowest BCUT2D eigenvalue weighted by Gasteiger charge is -2.04. The first-order valence-corrected chi connectivity index (χ1v) is 5.55. The molecule has 0 fully saturated rings. The molecule has 0 spiro atoms. The highest BCUT2D eigenvalue weighted by atomic mass is 19.4. The summed E-state index contributed by atoms with van der Waals surface area (Å²) in [7, 11) is 1.12. The molecule has 0 aromatic carbocycles. The maximum Gasteiger partial charge on any atom is 0.433 e. The van der Waals surface area contributed by atoms with E-state index in [0.29, 0.717) is 27.9 Å². The SMILES string of the molecule is Cc1noc(C)c1NC(=O)c1cc(C(F)(F)F)n(C)n1.